The molecule has 0 aromatic heterocycles. The summed E-state index contributed by atoms with van der Waals surface area (Å²) in [6.07, 6.45) is 10.2. The highest BCUT2D eigenvalue weighted by molar-refractivity contribution is 7.93. The molecule has 0 saturated heterocycles. The standard InChI is InChI=1S/C24H22F2N4O2S.C5H13N/c1-14-19(12-16(25)13-20(14)26)15(2)28-23-17-8-6-7-10-21(17)29-24(30-23)18-9-4-3-5-11-22(18)33(27,31)32;1-2-3-4-5-6/h4-13,24,29H,2-3H2,1H3,(H,28,30)(H2,27,31,32);2-6H2,1H3. The number of para-hydroxylation sites is 1. The van der Waals surface area contributed by atoms with E-state index in [2.05, 4.69) is 29.1 Å². The number of unbranched alkanes of at least 4 members (excludes halogenated alkanes) is 2. The van der Waals surface area contributed by atoms with Crippen LogP contribution in [0.15, 0.2) is 82.8 Å². The number of sulfonamides is 1. The number of hydrogen-bond acceptors (Lipinski definition) is 6. The molecule has 0 fully saturated rings. The molecule has 4 rings (SSSR count). The molecular formula is C29H35F2N5O2S. The molecule has 208 valence electrons. The Labute approximate surface area is 229 Å². The number of halogens is 2. The van der Waals surface area contributed by atoms with E-state index in [4.69, 9.17) is 10.9 Å². The van der Waals surface area contributed by atoms with E-state index >= 15 is 0 Å². The predicted octanol–water partition coefficient (Wildman–Crippen LogP) is 5.23. The summed E-state index contributed by atoms with van der Waals surface area (Å²) in [5, 5.41) is 11.8. The van der Waals surface area contributed by atoms with E-state index in [1.807, 2.05) is 30.3 Å². The van der Waals surface area contributed by atoms with Crippen molar-refractivity contribution in [2.75, 3.05) is 11.9 Å². The van der Waals surface area contributed by atoms with Crippen LogP contribution in [-0.4, -0.2) is 27.0 Å². The maximum Gasteiger partial charge on any atom is 0.238 e. The van der Waals surface area contributed by atoms with Gasteiger partial charge in [0.1, 0.15) is 23.6 Å². The first-order valence-electron chi connectivity index (χ1n) is 12.7. The first kappa shape index (κ1) is 29.9. The molecule has 1 aliphatic heterocycles. The van der Waals surface area contributed by atoms with Crippen LogP contribution in [0.25, 0.3) is 5.70 Å². The van der Waals surface area contributed by atoms with Crippen LogP contribution >= 0.6 is 0 Å². The average molecular weight is 556 g/mol. The van der Waals surface area contributed by atoms with Crippen molar-refractivity contribution >= 4 is 27.2 Å². The first-order valence-corrected chi connectivity index (χ1v) is 14.3. The molecule has 7 nitrogen and oxygen atoms in total. The van der Waals surface area contributed by atoms with Gasteiger partial charge in [-0.15, -0.1) is 0 Å². The van der Waals surface area contributed by atoms with Crippen LogP contribution < -0.4 is 21.5 Å². The molecule has 0 saturated carbocycles. The van der Waals surface area contributed by atoms with Crippen LogP contribution in [0.5, 0.6) is 0 Å². The number of nitrogens with two attached hydrogens (primary N) is 2. The third kappa shape index (κ3) is 7.72. The highest BCUT2D eigenvalue weighted by Gasteiger charge is 2.27. The molecule has 1 unspecified atom stereocenters. The van der Waals surface area contributed by atoms with Gasteiger partial charge in [-0.05, 0) is 56.1 Å². The SMILES string of the molecule is C=C(NC1=NC(C2=C(S(N)(=O)=O)C=CCC=C2)Nc2ccccc21)c1cc(F)cc(F)c1C.CCCCCN. The Bertz CT molecular complexity index is 1440. The number of benzene rings is 2. The number of nitrogens with zero attached hydrogens (tertiary/aromatic N) is 1. The average Bonchev–Trinajstić information content (AvgIpc) is 3.16. The lowest BCUT2D eigenvalue weighted by molar-refractivity contribution is 0.576. The quantitative estimate of drug-likeness (QED) is 0.349. The van der Waals surface area contributed by atoms with E-state index in [-0.39, 0.29) is 21.7 Å². The Kier molecular flexibility index (Phi) is 10.3. The van der Waals surface area contributed by atoms with Crippen molar-refractivity contribution in [3.8, 4) is 0 Å². The monoisotopic (exact) mass is 555 g/mol. The lowest BCUT2D eigenvalue weighted by atomic mass is 10.0. The number of fused-ring (bicyclic) bond motifs is 1. The Hall–Kier alpha value is -3.60. The van der Waals surface area contributed by atoms with Gasteiger partial charge in [0.25, 0.3) is 0 Å². The first-order chi connectivity index (χ1) is 18.6. The zero-order valence-corrected chi connectivity index (χ0v) is 23.0. The number of primary sulfonamides is 1. The molecule has 0 bridgehead atoms. The largest absolute Gasteiger partial charge is 0.359 e. The summed E-state index contributed by atoms with van der Waals surface area (Å²) in [5.74, 6) is -1.04. The second-order valence-corrected chi connectivity index (χ2v) is 10.7. The van der Waals surface area contributed by atoms with Gasteiger partial charge in [-0.2, -0.15) is 0 Å². The molecule has 1 heterocycles. The molecule has 2 aliphatic rings. The van der Waals surface area contributed by atoms with Gasteiger partial charge in [0, 0.05) is 34.2 Å². The lowest BCUT2D eigenvalue weighted by Gasteiger charge is -2.28. The topological polar surface area (TPSA) is 123 Å². The van der Waals surface area contributed by atoms with Crippen molar-refractivity contribution < 1.29 is 17.2 Å². The fourth-order valence-electron chi connectivity index (χ4n) is 4.12. The fourth-order valence-corrected chi connectivity index (χ4v) is 4.91. The van der Waals surface area contributed by atoms with Crippen LogP contribution in [0, 0.1) is 18.6 Å². The molecule has 10 heteroatoms. The van der Waals surface area contributed by atoms with Crippen LogP contribution in [-0.2, 0) is 10.0 Å². The summed E-state index contributed by atoms with van der Waals surface area (Å²) in [7, 11) is -4.01. The Balaban J connectivity index is 0.000000631. The van der Waals surface area contributed by atoms with E-state index in [1.54, 1.807) is 12.2 Å². The molecule has 0 spiro atoms. The number of hydrogen-bond donors (Lipinski definition) is 4. The van der Waals surface area contributed by atoms with Crippen LogP contribution in [0.4, 0.5) is 14.5 Å². The second kappa shape index (κ2) is 13.5. The smallest absolute Gasteiger partial charge is 0.238 e. The van der Waals surface area contributed by atoms with E-state index in [1.165, 1.54) is 38.3 Å². The van der Waals surface area contributed by atoms with Crippen molar-refractivity contribution in [2.24, 2.45) is 15.9 Å². The normalized spacial score (nSPS) is 16.4. The Morgan fingerprint density at radius 3 is 2.56 bits per heavy atom. The Morgan fingerprint density at radius 2 is 1.90 bits per heavy atom. The van der Waals surface area contributed by atoms with Gasteiger partial charge in [0.15, 0.2) is 0 Å². The highest BCUT2D eigenvalue weighted by atomic mass is 32.2. The van der Waals surface area contributed by atoms with Crippen molar-refractivity contribution in [3.63, 3.8) is 0 Å². The molecule has 2 aromatic carbocycles. The number of aliphatic imine (C=N–C) groups is 1. The van der Waals surface area contributed by atoms with Crippen LogP contribution in [0.3, 0.4) is 0 Å². The summed E-state index contributed by atoms with van der Waals surface area (Å²) >= 11 is 0. The van der Waals surface area contributed by atoms with E-state index in [0.717, 1.165) is 12.6 Å². The maximum atomic E-state index is 14.1. The molecular weight excluding hydrogens is 520 g/mol. The third-order valence-electron chi connectivity index (χ3n) is 6.17. The van der Waals surface area contributed by atoms with Crippen LogP contribution in [0.2, 0.25) is 0 Å². The van der Waals surface area contributed by atoms with Gasteiger partial charge in [-0.3, -0.25) is 0 Å². The molecule has 0 amide bonds. The number of allylic oxidation sites excluding steroid dienone is 3. The van der Waals surface area contributed by atoms with Gasteiger partial charge >= 0.3 is 0 Å². The summed E-state index contributed by atoms with van der Waals surface area (Å²) in [6, 6.07) is 9.28. The van der Waals surface area contributed by atoms with Gasteiger partial charge in [0.05, 0.1) is 4.91 Å². The summed E-state index contributed by atoms with van der Waals surface area (Å²) in [4.78, 5) is 4.63. The second-order valence-electron chi connectivity index (χ2n) is 9.13. The van der Waals surface area contributed by atoms with E-state index in [9.17, 15) is 17.2 Å². The minimum Gasteiger partial charge on any atom is -0.359 e. The molecule has 1 aliphatic carbocycles. The summed E-state index contributed by atoms with van der Waals surface area (Å²) in [5.41, 5.74) is 7.73. The van der Waals surface area contributed by atoms with Crippen molar-refractivity contribution in [1.82, 2.24) is 5.32 Å². The minimum absolute atomic E-state index is 0.0434. The highest BCUT2D eigenvalue weighted by Crippen LogP contribution is 2.30. The number of rotatable bonds is 7. The zero-order chi connectivity index (χ0) is 28.6. The molecule has 0 radical (unpaired) electrons. The number of amidine groups is 1. The molecule has 1 atom stereocenters. The number of anilines is 1. The predicted molar refractivity (Wildman–Crippen MR) is 155 cm³/mol. The lowest BCUT2D eigenvalue weighted by Crippen LogP contribution is -2.35. The van der Waals surface area contributed by atoms with Gasteiger partial charge in [0.2, 0.25) is 10.0 Å². The van der Waals surface area contributed by atoms with E-state index in [0.29, 0.717) is 29.1 Å². The van der Waals surface area contributed by atoms with Gasteiger partial charge in [-0.1, -0.05) is 56.7 Å². The molecule has 6 N–H and O–H groups in total. The van der Waals surface area contributed by atoms with Crippen LogP contribution in [0.1, 0.15) is 49.3 Å². The summed E-state index contributed by atoms with van der Waals surface area (Å²) in [6.45, 7) is 8.51. The Morgan fingerprint density at radius 1 is 1.18 bits per heavy atom. The minimum atomic E-state index is -4.01. The summed E-state index contributed by atoms with van der Waals surface area (Å²) < 4.78 is 52.4. The van der Waals surface area contributed by atoms with E-state index < -0.39 is 27.8 Å². The maximum absolute atomic E-state index is 14.1. The van der Waals surface area contributed by atoms with Gasteiger partial charge < -0.3 is 16.4 Å². The van der Waals surface area contributed by atoms with Crippen molar-refractivity contribution in [1.29, 1.82) is 0 Å². The fraction of sp³-hybridized carbons (Fsp3) is 0.276. The molecule has 39 heavy (non-hydrogen) atoms. The third-order valence-corrected chi connectivity index (χ3v) is 7.15. The number of nitrogens with one attached hydrogen (secondary N) is 2. The van der Waals surface area contributed by atoms with Crippen molar-refractivity contribution in [3.05, 3.63) is 106 Å². The van der Waals surface area contributed by atoms with Gasteiger partial charge in [-0.25, -0.2) is 27.3 Å². The zero-order valence-electron chi connectivity index (χ0n) is 22.2. The molecule has 2 aromatic rings. The van der Waals surface area contributed by atoms with Crippen molar-refractivity contribution in [2.45, 2.75) is 45.7 Å².